The van der Waals surface area contributed by atoms with Gasteiger partial charge >= 0.3 is 0 Å². The van der Waals surface area contributed by atoms with Gasteiger partial charge in [-0.3, -0.25) is 9.69 Å². The number of hydrogen-bond donors (Lipinski definition) is 3. The number of ether oxygens (including phenoxy) is 2. The molecule has 0 bridgehead atoms. The Kier molecular flexibility index (Phi) is 5.86. The van der Waals surface area contributed by atoms with Crippen LogP contribution in [0.2, 0.25) is 5.02 Å². The number of methoxy groups -OCH3 is 1. The maximum absolute atomic E-state index is 13.0. The number of nitrogen functional groups attached to an aromatic ring is 1. The molecule has 1 amide bonds. The molecule has 150 valence electrons. The number of anilines is 1. The third kappa shape index (κ3) is 4.16. The number of nitrogens with one attached hydrogen (secondary N) is 1. The van der Waals surface area contributed by atoms with E-state index in [2.05, 4.69) is 10.2 Å². The molecule has 8 heteroatoms. The van der Waals surface area contributed by atoms with Gasteiger partial charge in [0.2, 0.25) is 0 Å². The number of nitrogens with zero attached hydrogens (tertiary/aromatic N) is 1. The summed E-state index contributed by atoms with van der Waals surface area (Å²) in [5.74, 6) is 0.319. The maximum Gasteiger partial charge on any atom is 0.255 e. The molecule has 27 heavy (non-hydrogen) atoms. The van der Waals surface area contributed by atoms with Gasteiger partial charge in [0, 0.05) is 45.3 Å². The van der Waals surface area contributed by atoms with Crippen LogP contribution in [0.3, 0.4) is 0 Å². The van der Waals surface area contributed by atoms with Crippen molar-refractivity contribution in [1.29, 1.82) is 0 Å². The molecule has 2 aliphatic heterocycles. The Bertz CT molecular complexity index is 725. The summed E-state index contributed by atoms with van der Waals surface area (Å²) >= 11 is 6.28. The van der Waals surface area contributed by atoms with Crippen LogP contribution in [0.25, 0.3) is 0 Å². The fourth-order valence-corrected chi connectivity index (χ4v) is 4.14. The Balaban J connectivity index is 1.80. The van der Waals surface area contributed by atoms with Gasteiger partial charge in [-0.1, -0.05) is 11.6 Å². The van der Waals surface area contributed by atoms with Gasteiger partial charge in [0.15, 0.2) is 0 Å². The Morgan fingerprint density at radius 3 is 2.93 bits per heavy atom. The van der Waals surface area contributed by atoms with Gasteiger partial charge in [-0.2, -0.15) is 0 Å². The summed E-state index contributed by atoms with van der Waals surface area (Å²) in [6.07, 6.45) is 1.32. The van der Waals surface area contributed by atoms with Gasteiger partial charge in [0.25, 0.3) is 5.91 Å². The second kappa shape index (κ2) is 7.83. The molecule has 2 aliphatic rings. The van der Waals surface area contributed by atoms with Crippen molar-refractivity contribution < 1.29 is 14.3 Å². The molecular weight excluding hydrogens is 368 g/mol. The van der Waals surface area contributed by atoms with E-state index in [-0.39, 0.29) is 18.1 Å². The number of likely N-dealkylation sites (tertiary alicyclic amines) is 1. The average molecular weight is 397 g/mol. The third-order valence-corrected chi connectivity index (χ3v) is 5.62. The van der Waals surface area contributed by atoms with Crippen LogP contribution in [0.1, 0.15) is 36.2 Å². The molecule has 0 aliphatic carbocycles. The van der Waals surface area contributed by atoms with Crippen LogP contribution in [0.4, 0.5) is 5.69 Å². The summed E-state index contributed by atoms with van der Waals surface area (Å²) in [6.45, 7) is 6.97. The highest BCUT2D eigenvalue weighted by Crippen LogP contribution is 2.44. The summed E-state index contributed by atoms with van der Waals surface area (Å²) in [7, 11) is 1.67. The number of hydrogen-bond acceptors (Lipinski definition) is 6. The van der Waals surface area contributed by atoms with E-state index in [4.69, 9.17) is 32.5 Å². The molecule has 0 unspecified atom stereocenters. The van der Waals surface area contributed by atoms with E-state index in [1.807, 2.05) is 13.8 Å². The second-order valence-electron chi connectivity index (χ2n) is 7.90. The number of benzene rings is 1. The SMILES string of the molecule is CO[C@@H]1CN(CCN)CC[C@@H]1NC(=O)c1cc(Cl)c(N)c2c1OC(C)(C)C2. The number of nitrogens with two attached hydrogens (primary N) is 2. The monoisotopic (exact) mass is 396 g/mol. The van der Waals surface area contributed by atoms with E-state index in [0.717, 1.165) is 31.6 Å². The minimum atomic E-state index is -0.418. The van der Waals surface area contributed by atoms with E-state index >= 15 is 0 Å². The first-order chi connectivity index (χ1) is 12.8. The first-order valence-electron chi connectivity index (χ1n) is 9.31. The summed E-state index contributed by atoms with van der Waals surface area (Å²) in [4.78, 5) is 15.3. The van der Waals surface area contributed by atoms with Crippen LogP contribution in [0, 0.1) is 0 Å². The van der Waals surface area contributed by atoms with Crippen molar-refractivity contribution in [2.75, 3.05) is 39.0 Å². The van der Waals surface area contributed by atoms with Crippen LogP contribution in [-0.4, -0.2) is 61.8 Å². The van der Waals surface area contributed by atoms with E-state index in [0.29, 0.717) is 35.0 Å². The van der Waals surface area contributed by atoms with Crippen LogP contribution >= 0.6 is 11.6 Å². The standard InChI is InChI=1S/C19H29ClN4O3/c1-19(2)9-12-16(22)13(20)8-11(17(12)27-19)18(25)23-14-4-6-24(7-5-21)10-15(14)26-3/h8,14-15H,4-7,9-10,21-22H2,1-3H3,(H,23,25)/t14-,15+/m0/s1. The number of piperidine rings is 1. The fourth-order valence-electron chi connectivity index (χ4n) is 3.91. The molecule has 3 rings (SSSR count). The molecule has 1 fully saturated rings. The van der Waals surface area contributed by atoms with Crippen molar-refractivity contribution in [3.8, 4) is 5.75 Å². The van der Waals surface area contributed by atoms with Crippen LogP contribution < -0.4 is 21.5 Å². The minimum Gasteiger partial charge on any atom is -0.486 e. The Morgan fingerprint density at radius 1 is 1.52 bits per heavy atom. The van der Waals surface area contributed by atoms with Crippen molar-refractivity contribution in [1.82, 2.24) is 10.2 Å². The van der Waals surface area contributed by atoms with Gasteiger partial charge in [-0.05, 0) is 26.3 Å². The summed E-state index contributed by atoms with van der Waals surface area (Å²) in [5.41, 5.74) is 13.1. The average Bonchev–Trinajstić information content (AvgIpc) is 2.95. The lowest BCUT2D eigenvalue weighted by Crippen LogP contribution is -2.55. The zero-order valence-electron chi connectivity index (χ0n) is 16.2. The zero-order chi connectivity index (χ0) is 19.8. The van der Waals surface area contributed by atoms with Gasteiger partial charge in [0.1, 0.15) is 11.4 Å². The maximum atomic E-state index is 13.0. The molecule has 0 spiro atoms. The molecule has 2 atom stereocenters. The Labute approximate surface area is 165 Å². The predicted molar refractivity (Wildman–Crippen MR) is 106 cm³/mol. The number of halogens is 1. The summed E-state index contributed by atoms with van der Waals surface area (Å²) in [5, 5.41) is 3.48. The highest BCUT2D eigenvalue weighted by atomic mass is 35.5. The Morgan fingerprint density at radius 2 is 2.26 bits per heavy atom. The smallest absolute Gasteiger partial charge is 0.255 e. The van der Waals surface area contributed by atoms with Crippen molar-refractivity contribution in [3.05, 3.63) is 22.2 Å². The van der Waals surface area contributed by atoms with Gasteiger partial charge < -0.3 is 26.3 Å². The van der Waals surface area contributed by atoms with Crippen molar-refractivity contribution in [2.24, 2.45) is 5.73 Å². The quantitative estimate of drug-likeness (QED) is 0.650. The number of carbonyl (C=O) groups excluding carboxylic acids is 1. The zero-order valence-corrected chi connectivity index (χ0v) is 16.9. The number of carbonyl (C=O) groups is 1. The molecule has 0 aromatic heterocycles. The third-order valence-electron chi connectivity index (χ3n) is 5.31. The molecule has 7 nitrogen and oxygen atoms in total. The van der Waals surface area contributed by atoms with E-state index in [1.54, 1.807) is 13.2 Å². The van der Waals surface area contributed by atoms with Gasteiger partial charge in [-0.15, -0.1) is 0 Å². The number of rotatable bonds is 5. The largest absolute Gasteiger partial charge is 0.486 e. The van der Waals surface area contributed by atoms with Crippen molar-refractivity contribution in [2.45, 2.75) is 44.4 Å². The fraction of sp³-hybridized carbons (Fsp3) is 0.632. The van der Waals surface area contributed by atoms with Crippen molar-refractivity contribution in [3.63, 3.8) is 0 Å². The molecule has 2 heterocycles. The van der Waals surface area contributed by atoms with E-state index < -0.39 is 5.60 Å². The number of fused-ring (bicyclic) bond motifs is 1. The lowest BCUT2D eigenvalue weighted by atomic mass is 9.97. The second-order valence-corrected chi connectivity index (χ2v) is 8.31. The first kappa shape index (κ1) is 20.2. The van der Waals surface area contributed by atoms with Gasteiger partial charge in [-0.25, -0.2) is 0 Å². The van der Waals surface area contributed by atoms with Crippen LogP contribution in [0.5, 0.6) is 5.75 Å². The van der Waals surface area contributed by atoms with Crippen LogP contribution in [0.15, 0.2) is 6.07 Å². The lowest BCUT2D eigenvalue weighted by Gasteiger charge is -2.38. The molecule has 0 saturated carbocycles. The summed E-state index contributed by atoms with van der Waals surface area (Å²) < 4.78 is 11.6. The highest BCUT2D eigenvalue weighted by molar-refractivity contribution is 6.33. The van der Waals surface area contributed by atoms with Crippen LogP contribution in [-0.2, 0) is 11.2 Å². The lowest BCUT2D eigenvalue weighted by molar-refractivity contribution is 0.00731. The molecule has 5 N–H and O–H groups in total. The molecular formula is C19H29ClN4O3. The van der Waals surface area contributed by atoms with Gasteiger partial charge in [0.05, 0.1) is 28.4 Å². The topological polar surface area (TPSA) is 103 Å². The normalized spacial score (nSPS) is 24.3. The van der Waals surface area contributed by atoms with E-state index in [1.165, 1.54) is 0 Å². The molecule has 0 radical (unpaired) electrons. The predicted octanol–water partition coefficient (Wildman–Crippen LogP) is 1.41. The Hall–Kier alpha value is -1.54. The molecule has 1 saturated heterocycles. The molecule has 1 aromatic carbocycles. The highest BCUT2D eigenvalue weighted by Gasteiger charge is 2.37. The first-order valence-corrected chi connectivity index (χ1v) is 9.69. The molecule has 1 aromatic rings. The minimum absolute atomic E-state index is 0.0853. The van der Waals surface area contributed by atoms with E-state index in [9.17, 15) is 4.79 Å². The number of amides is 1. The summed E-state index contributed by atoms with van der Waals surface area (Å²) in [6, 6.07) is 1.51. The van der Waals surface area contributed by atoms with Crippen molar-refractivity contribution >= 4 is 23.2 Å².